The summed E-state index contributed by atoms with van der Waals surface area (Å²) < 4.78 is 6.59. The van der Waals surface area contributed by atoms with Crippen molar-refractivity contribution in [2.75, 3.05) is 0 Å². The summed E-state index contributed by atoms with van der Waals surface area (Å²) in [5.41, 5.74) is -1.59. The molecular weight excluding hydrogens is 496 g/mol. The SMILES string of the molecule is C=CCCC(=O)C(C)(C)C/C=C(\C)C(=O)[C@@]1(O)C[C@H](C)[C@@H](OC(=O)c2ccc(Br)cc2)[C@@H]1C=C. The normalized spacial score (nSPS) is 25.0. The van der Waals surface area contributed by atoms with Crippen molar-refractivity contribution in [1.29, 1.82) is 0 Å². The van der Waals surface area contributed by atoms with Crippen molar-refractivity contribution in [3.63, 3.8) is 0 Å². The molecule has 0 unspecified atom stereocenters. The smallest absolute Gasteiger partial charge is 0.338 e. The molecule has 4 atom stereocenters. The van der Waals surface area contributed by atoms with E-state index < -0.39 is 34.8 Å². The third-order valence-corrected chi connectivity index (χ3v) is 7.21. The maximum atomic E-state index is 13.4. The topological polar surface area (TPSA) is 80.7 Å². The zero-order valence-electron chi connectivity index (χ0n) is 20.5. The van der Waals surface area contributed by atoms with Gasteiger partial charge in [0.15, 0.2) is 5.78 Å². The highest BCUT2D eigenvalue weighted by atomic mass is 79.9. The Morgan fingerprint density at radius 1 is 1.24 bits per heavy atom. The number of Topliss-reactive ketones (excluding diaryl/α,β-unsaturated/α-hetero) is 2. The largest absolute Gasteiger partial charge is 0.458 e. The van der Waals surface area contributed by atoms with E-state index in [1.165, 1.54) is 6.08 Å². The van der Waals surface area contributed by atoms with E-state index in [2.05, 4.69) is 29.1 Å². The van der Waals surface area contributed by atoms with Crippen LogP contribution in [0.3, 0.4) is 0 Å². The van der Waals surface area contributed by atoms with Crippen molar-refractivity contribution >= 4 is 33.5 Å². The van der Waals surface area contributed by atoms with Gasteiger partial charge in [-0.25, -0.2) is 4.79 Å². The lowest BCUT2D eigenvalue weighted by atomic mass is 9.79. The van der Waals surface area contributed by atoms with E-state index in [1.807, 2.05) is 20.8 Å². The number of carbonyl (C=O) groups is 3. The van der Waals surface area contributed by atoms with Gasteiger partial charge in [-0.05, 0) is 61.9 Å². The number of halogens is 1. The first-order chi connectivity index (χ1) is 15.9. The Morgan fingerprint density at radius 2 is 1.85 bits per heavy atom. The number of carbonyl (C=O) groups excluding carboxylic acids is 3. The van der Waals surface area contributed by atoms with Gasteiger partial charge in [-0.1, -0.05) is 54.9 Å². The van der Waals surface area contributed by atoms with Crippen LogP contribution in [-0.2, 0) is 14.3 Å². The average molecular weight is 531 g/mol. The molecular formula is C28H35BrO5. The fraction of sp³-hybridized carbons (Fsp3) is 0.464. The first kappa shape index (κ1) is 27.9. The fourth-order valence-corrected chi connectivity index (χ4v) is 4.70. The first-order valence-corrected chi connectivity index (χ1v) is 12.3. The zero-order valence-corrected chi connectivity index (χ0v) is 22.1. The monoisotopic (exact) mass is 530 g/mol. The molecule has 0 aliphatic heterocycles. The van der Waals surface area contributed by atoms with Crippen molar-refractivity contribution < 1.29 is 24.2 Å². The fourth-order valence-electron chi connectivity index (χ4n) is 4.44. The van der Waals surface area contributed by atoms with Gasteiger partial charge in [-0.2, -0.15) is 0 Å². The van der Waals surface area contributed by atoms with Crippen LogP contribution in [-0.4, -0.2) is 34.3 Å². The molecule has 34 heavy (non-hydrogen) atoms. The van der Waals surface area contributed by atoms with Gasteiger partial charge in [0.2, 0.25) is 0 Å². The minimum Gasteiger partial charge on any atom is -0.458 e. The number of ketones is 2. The lowest BCUT2D eigenvalue weighted by Crippen LogP contribution is -2.45. The van der Waals surface area contributed by atoms with Crippen LogP contribution >= 0.6 is 15.9 Å². The first-order valence-electron chi connectivity index (χ1n) is 11.5. The van der Waals surface area contributed by atoms with E-state index >= 15 is 0 Å². The third-order valence-electron chi connectivity index (χ3n) is 6.68. The van der Waals surface area contributed by atoms with Crippen LogP contribution in [0.25, 0.3) is 0 Å². The Labute approximate surface area is 211 Å². The molecule has 1 aromatic rings. The van der Waals surface area contributed by atoms with Crippen LogP contribution < -0.4 is 0 Å². The summed E-state index contributed by atoms with van der Waals surface area (Å²) >= 11 is 3.34. The van der Waals surface area contributed by atoms with Gasteiger partial charge in [-0.3, -0.25) is 9.59 Å². The Kier molecular flexibility index (Phi) is 9.37. The molecule has 2 rings (SSSR count). The third kappa shape index (κ3) is 6.22. The number of allylic oxidation sites excluding steroid dienone is 2. The second-order valence-corrected chi connectivity index (χ2v) is 10.7. The average Bonchev–Trinajstić information content (AvgIpc) is 3.04. The molecule has 1 aliphatic rings. The Morgan fingerprint density at radius 3 is 2.41 bits per heavy atom. The van der Waals surface area contributed by atoms with E-state index in [4.69, 9.17) is 4.74 Å². The van der Waals surface area contributed by atoms with Crippen LogP contribution in [0.4, 0.5) is 0 Å². The molecule has 1 fully saturated rings. The summed E-state index contributed by atoms with van der Waals surface area (Å²) in [4.78, 5) is 38.5. The summed E-state index contributed by atoms with van der Waals surface area (Å²) in [6, 6.07) is 6.79. The second kappa shape index (κ2) is 11.4. The van der Waals surface area contributed by atoms with Crippen molar-refractivity contribution in [3.8, 4) is 0 Å². The van der Waals surface area contributed by atoms with Gasteiger partial charge in [0.05, 0.1) is 11.5 Å². The molecule has 1 N–H and O–H groups in total. The maximum absolute atomic E-state index is 13.4. The number of benzene rings is 1. The van der Waals surface area contributed by atoms with E-state index in [-0.39, 0.29) is 18.1 Å². The van der Waals surface area contributed by atoms with Gasteiger partial charge < -0.3 is 9.84 Å². The zero-order chi connectivity index (χ0) is 25.7. The van der Waals surface area contributed by atoms with E-state index in [0.29, 0.717) is 30.4 Å². The Hall–Kier alpha value is -2.31. The lowest BCUT2D eigenvalue weighted by molar-refractivity contribution is -0.137. The molecule has 184 valence electrons. The molecule has 0 spiro atoms. The second-order valence-electron chi connectivity index (χ2n) is 9.80. The number of esters is 1. The van der Waals surface area contributed by atoms with Gasteiger partial charge in [0, 0.05) is 16.3 Å². The van der Waals surface area contributed by atoms with Gasteiger partial charge >= 0.3 is 5.97 Å². The number of aliphatic hydroxyl groups is 1. The molecule has 0 heterocycles. The van der Waals surface area contributed by atoms with Crippen LogP contribution in [0.15, 0.2) is 65.7 Å². The number of hydrogen-bond acceptors (Lipinski definition) is 5. The molecule has 0 radical (unpaired) electrons. The standard InChI is InChI=1S/C28H35BrO5/c1-7-9-10-23(30)27(5,6)16-15-18(3)25(31)28(33)17-19(4)24(22(28)8-2)34-26(32)20-11-13-21(29)14-12-20/h7-8,11-15,19,22,24,33H,1-2,9-10,16-17H2,3-6H3/b18-15+/t19-,22-,24+,28+/m0/s1. The lowest BCUT2D eigenvalue weighted by Gasteiger charge is -2.29. The van der Waals surface area contributed by atoms with Crippen molar-refractivity contribution in [2.24, 2.45) is 17.3 Å². The summed E-state index contributed by atoms with van der Waals surface area (Å²) in [6.07, 6.45) is 5.79. The molecule has 6 heteroatoms. The van der Waals surface area contributed by atoms with Gasteiger partial charge in [0.1, 0.15) is 17.5 Å². The van der Waals surface area contributed by atoms with Crippen LogP contribution in [0.1, 0.15) is 63.7 Å². The summed E-state index contributed by atoms with van der Waals surface area (Å²) in [5, 5.41) is 11.5. The molecule has 0 bridgehead atoms. The van der Waals surface area contributed by atoms with Gasteiger partial charge in [0.25, 0.3) is 0 Å². The van der Waals surface area contributed by atoms with Crippen molar-refractivity contribution in [3.05, 3.63) is 71.3 Å². The predicted molar refractivity (Wildman–Crippen MR) is 137 cm³/mol. The predicted octanol–water partition coefficient (Wildman–Crippen LogP) is 6.01. The summed E-state index contributed by atoms with van der Waals surface area (Å²) in [7, 11) is 0. The highest BCUT2D eigenvalue weighted by Gasteiger charge is 2.56. The molecule has 1 saturated carbocycles. The summed E-state index contributed by atoms with van der Waals surface area (Å²) in [6.45, 7) is 14.7. The van der Waals surface area contributed by atoms with Crippen LogP contribution in [0.5, 0.6) is 0 Å². The molecule has 0 amide bonds. The maximum Gasteiger partial charge on any atom is 0.338 e. The highest BCUT2D eigenvalue weighted by molar-refractivity contribution is 9.10. The molecule has 5 nitrogen and oxygen atoms in total. The molecule has 1 aliphatic carbocycles. The van der Waals surface area contributed by atoms with Crippen molar-refractivity contribution in [2.45, 2.75) is 65.1 Å². The quantitative estimate of drug-likeness (QED) is 0.215. The van der Waals surface area contributed by atoms with Crippen LogP contribution in [0, 0.1) is 17.3 Å². The molecule has 0 saturated heterocycles. The molecule has 0 aromatic heterocycles. The van der Waals surface area contributed by atoms with Crippen molar-refractivity contribution in [1.82, 2.24) is 0 Å². The van der Waals surface area contributed by atoms with E-state index in [0.717, 1.165) is 4.47 Å². The molecule has 1 aromatic carbocycles. The minimum atomic E-state index is -1.73. The van der Waals surface area contributed by atoms with Gasteiger partial charge in [-0.15, -0.1) is 13.2 Å². The Balaban J connectivity index is 2.18. The number of rotatable bonds is 11. The van der Waals surface area contributed by atoms with E-state index in [9.17, 15) is 19.5 Å². The van der Waals surface area contributed by atoms with Crippen LogP contribution in [0.2, 0.25) is 0 Å². The Bertz CT molecular complexity index is 975. The number of ether oxygens (including phenoxy) is 1. The minimum absolute atomic E-state index is 0.0981. The van der Waals surface area contributed by atoms with E-state index in [1.54, 1.807) is 43.3 Å². The number of hydrogen-bond donors (Lipinski definition) is 1. The highest BCUT2D eigenvalue weighted by Crippen LogP contribution is 2.44. The summed E-state index contributed by atoms with van der Waals surface area (Å²) in [5.74, 6) is -1.84.